The number of hydrogen-bond acceptors (Lipinski definition) is 10. The smallest absolute Gasteiger partial charge is 0.250 e. The number of halogens is 1. The number of benzene rings is 1. The molecule has 3 unspecified atom stereocenters. The van der Waals surface area contributed by atoms with Crippen LogP contribution < -0.4 is 10.1 Å². The molecule has 0 aromatic heterocycles. The highest BCUT2D eigenvalue weighted by Gasteiger charge is 2.34. The topological polar surface area (TPSA) is 157 Å². The van der Waals surface area contributed by atoms with Crippen molar-refractivity contribution in [1.29, 1.82) is 5.26 Å². The maximum atomic E-state index is 13.5. The highest BCUT2D eigenvalue weighted by Crippen LogP contribution is 2.39. The van der Waals surface area contributed by atoms with Gasteiger partial charge in [-0.3, -0.25) is 9.79 Å². The number of β-amino-alcohol motifs (C(OH)–C–C–N with tert-alkyl or cyclic N) is 1. The van der Waals surface area contributed by atoms with E-state index in [9.17, 15) is 25.4 Å². The van der Waals surface area contributed by atoms with Gasteiger partial charge in [-0.25, -0.2) is 0 Å². The number of aliphatic hydroxyl groups is 3. The zero-order chi connectivity index (χ0) is 38.1. The summed E-state index contributed by atoms with van der Waals surface area (Å²) >= 11 is 6.78. The van der Waals surface area contributed by atoms with Gasteiger partial charge in [-0.2, -0.15) is 5.26 Å². The maximum Gasteiger partial charge on any atom is 0.250 e. The van der Waals surface area contributed by atoms with Crippen molar-refractivity contribution >= 4 is 29.3 Å². The molecule has 5 rings (SSSR count). The first-order valence-electron chi connectivity index (χ1n) is 18.5. The first-order chi connectivity index (χ1) is 25.4. The summed E-state index contributed by atoms with van der Waals surface area (Å²) in [6.45, 7) is 11.0. The second kappa shape index (κ2) is 18.5. The SMILES string of the molecule is CC1=C(COC2=C(Cl)C=C(C(=O)NC(C)(CO)CO)C(OCC3=CC(C#N)CN=C3)C2)C(C)CC=C1c1cccc(OCCCN2CC[C@@H](O)C2)c1C. The molecule has 2 aliphatic heterocycles. The molecule has 0 spiro atoms. The Morgan fingerprint density at radius 1 is 1.21 bits per heavy atom. The van der Waals surface area contributed by atoms with Crippen molar-refractivity contribution < 1.29 is 34.3 Å². The number of aliphatic hydroxyl groups excluding tert-OH is 3. The predicted octanol–water partition coefficient (Wildman–Crippen LogP) is 4.76. The van der Waals surface area contributed by atoms with Crippen molar-refractivity contribution in [2.24, 2.45) is 16.8 Å². The molecule has 4 N–H and O–H groups in total. The molecular weight excluding hydrogens is 696 g/mol. The van der Waals surface area contributed by atoms with Crippen molar-refractivity contribution in [3.63, 3.8) is 0 Å². The normalized spacial score (nSPS) is 23.7. The minimum atomic E-state index is -1.25. The molecule has 2 aliphatic carbocycles. The Hall–Kier alpha value is -3.76. The van der Waals surface area contributed by atoms with Crippen LogP contribution in [0.1, 0.15) is 57.6 Å². The van der Waals surface area contributed by atoms with Gasteiger partial charge >= 0.3 is 0 Å². The average molecular weight is 749 g/mol. The zero-order valence-electron chi connectivity index (χ0n) is 31.2. The van der Waals surface area contributed by atoms with Gasteiger partial charge in [-0.05, 0) is 91.5 Å². The van der Waals surface area contributed by atoms with E-state index in [2.05, 4.69) is 54.2 Å². The first-order valence-corrected chi connectivity index (χ1v) is 18.8. The number of carbonyl (C=O) groups excluding carboxylic acids is 1. The molecule has 2 heterocycles. The first kappa shape index (κ1) is 40.4. The van der Waals surface area contributed by atoms with E-state index >= 15 is 0 Å². The third-order valence-electron chi connectivity index (χ3n) is 10.5. The molecule has 12 heteroatoms. The van der Waals surface area contributed by atoms with E-state index in [0.717, 1.165) is 78.1 Å². The van der Waals surface area contributed by atoms with Gasteiger partial charge in [0.2, 0.25) is 5.91 Å². The van der Waals surface area contributed by atoms with Crippen molar-refractivity contribution in [3.05, 3.63) is 80.6 Å². The summed E-state index contributed by atoms with van der Waals surface area (Å²) in [5.74, 6) is 0.706. The van der Waals surface area contributed by atoms with Crippen LogP contribution in [-0.4, -0.2) is 109 Å². The summed E-state index contributed by atoms with van der Waals surface area (Å²) in [7, 11) is 0. The van der Waals surface area contributed by atoms with E-state index in [1.165, 1.54) is 6.08 Å². The molecule has 4 aliphatic rings. The average Bonchev–Trinajstić information content (AvgIpc) is 3.58. The van der Waals surface area contributed by atoms with Gasteiger partial charge in [0.05, 0.1) is 67.7 Å². The van der Waals surface area contributed by atoms with Crippen LogP contribution in [0.5, 0.6) is 5.75 Å². The van der Waals surface area contributed by atoms with Crippen LogP contribution in [0.15, 0.2) is 74.5 Å². The van der Waals surface area contributed by atoms with E-state index in [1.54, 1.807) is 13.1 Å². The van der Waals surface area contributed by atoms with E-state index in [4.69, 9.17) is 25.8 Å². The number of aliphatic imine (C=N–C) groups is 1. The fourth-order valence-electron chi connectivity index (χ4n) is 7.06. The number of amides is 1. The van der Waals surface area contributed by atoms with Gasteiger partial charge in [0.15, 0.2) is 0 Å². The number of allylic oxidation sites excluding steroid dienone is 5. The molecule has 1 saturated heterocycles. The maximum absolute atomic E-state index is 13.5. The fourth-order valence-corrected chi connectivity index (χ4v) is 7.30. The summed E-state index contributed by atoms with van der Waals surface area (Å²) in [6.07, 6.45) is 9.07. The summed E-state index contributed by atoms with van der Waals surface area (Å²) < 4.78 is 19.0. The molecule has 0 bridgehead atoms. The summed E-state index contributed by atoms with van der Waals surface area (Å²) in [5.41, 5.74) is 5.34. The lowest BCUT2D eigenvalue weighted by Crippen LogP contribution is -2.53. The van der Waals surface area contributed by atoms with Crippen molar-refractivity contribution in [1.82, 2.24) is 10.2 Å². The van der Waals surface area contributed by atoms with Gasteiger partial charge in [-0.1, -0.05) is 42.8 Å². The van der Waals surface area contributed by atoms with E-state index in [1.807, 2.05) is 18.2 Å². The molecule has 1 aromatic rings. The van der Waals surface area contributed by atoms with Gasteiger partial charge in [-0.15, -0.1) is 0 Å². The van der Waals surface area contributed by atoms with Gasteiger partial charge in [0.25, 0.3) is 0 Å². The lowest BCUT2D eigenvalue weighted by molar-refractivity contribution is -0.121. The van der Waals surface area contributed by atoms with Gasteiger partial charge in [0.1, 0.15) is 18.1 Å². The number of hydrogen-bond donors (Lipinski definition) is 4. The quantitative estimate of drug-likeness (QED) is 0.175. The Morgan fingerprint density at radius 3 is 2.72 bits per heavy atom. The van der Waals surface area contributed by atoms with E-state index in [-0.39, 0.29) is 41.6 Å². The Labute approximate surface area is 318 Å². The van der Waals surface area contributed by atoms with Gasteiger partial charge in [0, 0.05) is 37.8 Å². The molecule has 11 nitrogen and oxygen atoms in total. The van der Waals surface area contributed by atoms with E-state index < -0.39 is 30.8 Å². The Balaban J connectivity index is 1.30. The van der Waals surface area contributed by atoms with Crippen molar-refractivity contribution in [2.75, 3.05) is 59.2 Å². The third kappa shape index (κ3) is 10.3. The molecule has 1 fully saturated rings. The molecule has 0 radical (unpaired) electrons. The summed E-state index contributed by atoms with van der Waals surface area (Å²) in [5, 5.41) is 41.8. The molecule has 1 amide bonds. The predicted molar refractivity (Wildman–Crippen MR) is 205 cm³/mol. The summed E-state index contributed by atoms with van der Waals surface area (Å²) in [6, 6.07) is 8.38. The Bertz CT molecular complexity index is 1730. The second-order valence-electron chi connectivity index (χ2n) is 14.7. The van der Waals surface area contributed by atoms with Crippen molar-refractivity contribution in [2.45, 2.75) is 71.1 Å². The monoisotopic (exact) mass is 748 g/mol. The van der Waals surface area contributed by atoms with Crippen LogP contribution in [0.25, 0.3) is 5.57 Å². The minimum Gasteiger partial charge on any atom is -0.493 e. The van der Waals surface area contributed by atoms with Crippen LogP contribution in [-0.2, 0) is 14.3 Å². The second-order valence-corrected chi connectivity index (χ2v) is 15.2. The molecule has 0 saturated carbocycles. The Morgan fingerprint density at radius 2 is 2.00 bits per heavy atom. The lowest BCUT2D eigenvalue weighted by Gasteiger charge is -2.31. The number of likely N-dealkylation sites (tertiary alicyclic amines) is 1. The number of nitrogens with zero attached hydrogens (tertiary/aromatic N) is 3. The molecular formula is C41H53ClN4O7. The number of carbonyl (C=O) groups is 1. The van der Waals surface area contributed by atoms with Gasteiger partial charge < -0.3 is 39.7 Å². The number of ether oxygens (including phenoxy) is 3. The van der Waals surface area contributed by atoms with Crippen LogP contribution in [0.3, 0.4) is 0 Å². The van der Waals surface area contributed by atoms with E-state index in [0.29, 0.717) is 25.5 Å². The van der Waals surface area contributed by atoms with Crippen LogP contribution in [0, 0.1) is 30.1 Å². The van der Waals surface area contributed by atoms with Crippen LogP contribution in [0.4, 0.5) is 0 Å². The number of nitrogens with one attached hydrogen (secondary N) is 1. The van der Waals surface area contributed by atoms with Crippen LogP contribution >= 0.6 is 11.6 Å². The largest absolute Gasteiger partial charge is 0.493 e. The third-order valence-corrected chi connectivity index (χ3v) is 10.8. The highest BCUT2D eigenvalue weighted by atomic mass is 35.5. The number of dihydropyridines is 1. The summed E-state index contributed by atoms with van der Waals surface area (Å²) in [4.78, 5) is 20.0. The zero-order valence-corrected chi connectivity index (χ0v) is 32.0. The lowest BCUT2D eigenvalue weighted by atomic mass is 9.81. The molecule has 53 heavy (non-hydrogen) atoms. The number of rotatable bonds is 16. The molecule has 286 valence electrons. The fraction of sp³-hybridized carbons (Fsp3) is 0.537. The number of nitriles is 1. The standard InChI is InChI=1S/C41H53ClN4O7/c1-26-9-10-33(32-7-5-8-37(28(32)3)51-14-6-12-46-13-11-31(49)21-46)27(2)35(26)23-53-39-17-38(52-22-30-15-29(18-43)19-44-20-30)34(16-36(39)42)40(50)45-41(4,24-47)25-48/h5,7-8,10,15-16,20,26,29,31,38,47-49H,6,9,11-14,17,19,21-25H2,1-4H3,(H,45,50)/t26?,29?,31-,38?/m1/s1. The minimum absolute atomic E-state index is 0.110. The van der Waals surface area contributed by atoms with Crippen molar-refractivity contribution in [3.8, 4) is 11.8 Å². The Kier molecular flexibility index (Phi) is 14.1. The molecule has 1 aromatic carbocycles. The van der Waals surface area contributed by atoms with Crippen LogP contribution in [0.2, 0.25) is 0 Å². The molecule has 4 atom stereocenters. The highest BCUT2D eigenvalue weighted by molar-refractivity contribution is 6.32.